The molecule has 0 atom stereocenters. The Morgan fingerprint density at radius 2 is 1.83 bits per heavy atom. The van der Waals surface area contributed by atoms with Crippen molar-refractivity contribution in [2.24, 2.45) is 0 Å². The van der Waals surface area contributed by atoms with Crippen molar-refractivity contribution in [3.8, 4) is 0 Å². The normalized spacial score (nSPS) is 13.7. The average molecular weight is 243 g/mol. The molecule has 4 N–H and O–H groups in total. The molecule has 0 fully saturated rings. The van der Waals surface area contributed by atoms with Crippen molar-refractivity contribution in [1.29, 1.82) is 0 Å². The van der Waals surface area contributed by atoms with Gasteiger partial charge in [0.2, 0.25) is 0 Å². The summed E-state index contributed by atoms with van der Waals surface area (Å²) in [6, 6.07) is 10.4. The first-order chi connectivity index (χ1) is 8.65. The lowest BCUT2D eigenvalue weighted by Crippen LogP contribution is -2.13. The summed E-state index contributed by atoms with van der Waals surface area (Å²) in [4.78, 5) is 2.06. The Labute approximate surface area is 105 Å². The Morgan fingerprint density at radius 3 is 2.61 bits per heavy atom. The van der Waals surface area contributed by atoms with E-state index in [4.69, 9.17) is 11.5 Å². The van der Waals surface area contributed by atoms with Gasteiger partial charge >= 0.3 is 0 Å². The predicted octanol–water partition coefficient (Wildman–Crippen LogP) is 2.68. The molecule has 3 rings (SSSR count). The molecule has 0 amide bonds. The quantitative estimate of drug-likeness (QED) is 0.757. The summed E-state index contributed by atoms with van der Waals surface area (Å²) in [7, 11) is 0. The molecule has 1 heterocycles. The molecule has 0 aliphatic carbocycles. The third-order valence-corrected chi connectivity index (χ3v) is 3.32. The van der Waals surface area contributed by atoms with Crippen LogP contribution in [0.15, 0.2) is 36.4 Å². The number of benzene rings is 2. The zero-order valence-electron chi connectivity index (χ0n) is 9.86. The summed E-state index contributed by atoms with van der Waals surface area (Å²) in [6.45, 7) is 0.835. The fourth-order valence-corrected chi connectivity index (χ4v) is 2.35. The monoisotopic (exact) mass is 243 g/mol. The number of hydrogen-bond acceptors (Lipinski definition) is 3. The summed E-state index contributed by atoms with van der Waals surface area (Å²) in [5, 5.41) is 0. The van der Waals surface area contributed by atoms with Crippen LogP contribution in [0.25, 0.3) is 0 Å². The molecule has 92 valence electrons. The molecule has 0 unspecified atom stereocenters. The maximum atomic E-state index is 13.3. The number of nitrogens with zero attached hydrogens (tertiary/aromatic N) is 1. The van der Waals surface area contributed by atoms with Crippen LogP contribution in [0.2, 0.25) is 0 Å². The second-order valence-corrected chi connectivity index (χ2v) is 4.49. The Hall–Kier alpha value is -2.23. The molecule has 0 aromatic heterocycles. The average Bonchev–Trinajstić information content (AvgIpc) is 2.75. The number of halogens is 1. The van der Waals surface area contributed by atoms with E-state index in [1.54, 1.807) is 12.1 Å². The van der Waals surface area contributed by atoms with Crippen molar-refractivity contribution in [3.63, 3.8) is 0 Å². The number of fused-ring (bicyclic) bond motifs is 1. The summed E-state index contributed by atoms with van der Waals surface area (Å²) >= 11 is 0. The maximum absolute atomic E-state index is 13.3. The summed E-state index contributed by atoms with van der Waals surface area (Å²) in [6.07, 6.45) is 0.917. The van der Waals surface area contributed by atoms with Gasteiger partial charge in [0.15, 0.2) is 0 Å². The second kappa shape index (κ2) is 3.91. The van der Waals surface area contributed by atoms with Gasteiger partial charge in [-0.05, 0) is 42.3 Å². The van der Waals surface area contributed by atoms with Crippen LogP contribution < -0.4 is 16.4 Å². The van der Waals surface area contributed by atoms with Crippen molar-refractivity contribution in [1.82, 2.24) is 0 Å². The van der Waals surface area contributed by atoms with Gasteiger partial charge in [-0.3, -0.25) is 0 Å². The zero-order valence-corrected chi connectivity index (χ0v) is 9.86. The minimum Gasteiger partial charge on any atom is -0.397 e. The van der Waals surface area contributed by atoms with Gasteiger partial charge < -0.3 is 16.4 Å². The molecule has 18 heavy (non-hydrogen) atoms. The molecule has 0 bridgehead atoms. The van der Waals surface area contributed by atoms with Crippen molar-refractivity contribution in [2.45, 2.75) is 6.42 Å². The minimum absolute atomic E-state index is 0.218. The van der Waals surface area contributed by atoms with Crippen LogP contribution in [0.4, 0.5) is 27.1 Å². The largest absolute Gasteiger partial charge is 0.397 e. The van der Waals surface area contributed by atoms with Gasteiger partial charge in [0, 0.05) is 17.9 Å². The molecule has 2 aromatic carbocycles. The highest BCUT2D eigenvalue weighted by Gasteiger charge is 2.21. The summed E-state index contributed by atoms with van der Waals surface area (Å²) < 4.78 is 13.3. The lowest BCUT2D eigenvalue weighted by atomic mass is 10.1. The molecule has 4 heteroatoms. The molecule has 0 radical (unpaired) electrons. The minimum atomic E-state index is -0.218. The highest BCUT2D eigenvalue weighted by molar-refractivity contribution is 5.76. The number of rotatable bonds is 1. The topological polar surface area (TPSA) is 55.3 Å². The zero-order chi connectivity index (χ0) is 12.7. The van der Waals surface area contributed by atoms with Crippen molar-refractivity contribution in [2.75, 3.05) is 22.9 Å². The van der Waals surface area contributed by atoms with Crippen LogP contribution in [-0.2, 0) is 6.42 Å². The fourth-order valence-electron chi connectivity index (χ4n) is 2.35. The Bertz CT molecular complexity index is 610. The third kappa shape index (κ3) is 1.66. The van der Waals surface area contributed by atoms with Crippen LogP contribution >= 0.6 is 0 Å². The van der Waals surface area contributed by atoms with E-state index in [-0.39, 0.29) is 5.82 Å². The van der Waals surface area contributed by atoms with Gasteiger partial charge in [-0.1, -0.05) is 6.07 Å². The van der Waals surface area contributed by atoms with E-state index >= 15 is 0 Å². The Balaban J connectivity index is 2.05. The first-order valence-corrected chi connectivity index (χ1v) is 5.86. The van der Waals surface area contributed by atoms with Crippen LogP contribution in [0.5, 0.6) is 0 Å². The van der Waals surface area contributed by atoms with E-state index in [9.17, 15) is 4.39 Å². The molecule has 1 aliphatic heterocycles. The van der Waals surface area contributed by atoms with Crippen LogP contribution in [0.1, 0.15) is 5.56 Å². The lowest BCUT2D eigenvalue weighted by Gasteiger charge is -2.20. The molecule has 0 spiro atoms. The van der Waals surface area contributed by atoms with E-state index in [1.807, 2.05) is 18.2 Å². The highest BCUT2D eigenvalue weighted by Crippen LogP contribution is 2.36. The van der Waals surface area contributed by atoms with Gasteiger partial charge in [0.1, 0.15) is 5.82 Å². The third-order valence-electron chi connectivity index (χ3n) is 3.32. The molecule has 0 saturated heterocycles. The van der Waals surface area contributed by atoms with E-state index in [1.165, 1.54) is 6.07 Å². The number of hydrogen-bond donors (Lipinski definition) is 2. The molecule has 2 aromatic rings. The molecule has 3 nitrogen and oxygen atoms in total. The van der Waals surface area contributed by atoms with Crippen molar-refractivity contribution in [3.05, 3.63) is 47.8 Å². The number of anilines is 4. The fraction of sp³-hybridized carbons (Fsp3) is 0.143. The van der Waals surface area contributed by atoms with Crippen LogP contribution in [0.3, 0.4) is 0 Å². The Morgan fingerprint density at radius 1 is 1.00 bits per heavy atom. The number of nitrogens with two attached hydrogens (primary N) is 2. The first-order valence-electron chi connectivity index (χ1n) is 5.86. The summed E-state index contributed by atoms with van der Waals surface area (Å²) in [5.74, 6) is -0.218. The van der Waals surface area contributed by atoms with Gasteiger partial charge in [-0.15, -0.1) is 0 Å². The van der Waals surface area contributed by atoms with Gasteiger partial charge in [-0.2, -0.15) is 0 Å². The van der Waals surface area contributed by atoms with E-state index in [2.05, 4.69) is 4.90 Å². The van der Waals surface area contributed by atoms with Crippen molar-refractivity contribution < 1.29 is 4.39 Å². The van der Waals surface area contributed by atoms with E-state index in [0.29, 0.717) is 11.4 Å². The van der Waals surface area contributed by atoms with Crippen LogP contribution in [0, 0.1) is 5.82 Å². The number of nitrogen functional groups attached to an aromatic ring is 2. The van der Waals surface area contributed by atoms with Crippen molar-refractivity contribution >= 4 is 22.7 Å². The molecular formula is C14H14FN3. The lowest BCUT2D eigenvalue weighted by molar-refractivity contribution is 0.628. The standard InChI is InChI=1S/C14H14FN3/c15-10-2-1-9-5-6-18(14(9)7-10)11-3-4-12(16)13(17)8-11/h1-4,7-8H,5-6,16-17H2. The first kappa shape index (κ1) is 10.9. The van der Waals surface area contributed by atoms with Gasteiger partial charge in [0.25, 0.3) is 0 Å². The highest BCUT2D eigenvalue weighted by atomic mass is 19.1. The predicted molar refractivity (Wildman–Crippen MR) is 72.4 cm³/mol. The molecule has 1 aliphatic rings. The Kier molecular flexibility index (Phi) is 2.37. The second-order valence-electron chi connectivity index (χ2n) is 4.49. The SMILES string of the molecule is Nc1ccc(N2CCc3ccc(F)cc32)cc1N. The van der Waals surface area contributed by atoms with Gasteiger partial charge in [-0.25, -0.2) is 4.39 Å². The van der Waals surface area contributed by atoms with Gasteiger partial charge in [0.05, 0.1) is 11.4 Å². The van der Waals surface area contributed by atoms with E-state index < -0.39 is 0 Å². The smallest absolute Gasteiger partial charge is 0.125 e. The molecule has 0 saturated carbocycles. The summed E-state index contributed by atoms with van der Waals surface area (Å²) in [5.41, 5.74) is 15.7. The molecular weight excluding hydrogens is 229 g/mol. The maximum Gasteiger partial charge on any atom is 0.125 e. The van der Waals surface area contributed by atoms with Crippen LogP contribution in [-0.4, -0.2) is 6.54 Å². The van der Waals surface area contributed by atoms with E-state index in [0.717, 1.165) is 29.9 Å².